The first-order valence-corrected chi connectivity index (χ1v) is 7.61. The summed E-state index contributed by atoms with van der Waals surface area (Å²) in [6, 6.07) is 0. The highest BCUT2D eigenvalue weighted by molar-refractivity contribution is 4.96. The van der Waals surface area contributed by atoms with Gasteiger partial charge < -0.3 is 10.2 Å². The molecule has 1 spiro atoms. The minimum atomic E-state index is 0.670. The first kappa shape index (κ1) is 13.4. The van der Waals surface area contributed by atoms with E-state index in [4.69, 9.17) is 0 Å². The zero-order chi connectivity index (χ0) is 12.3. The Morgan fingerprint density at radius 2 is 1.94 bits per heavy atom. The van der Waals surface area contributed by atoms with E-state index in [1.807, 2.05) is 0 Å². The Kier molecular flexibility index (Phi) is 4.48. The summed E-state index contributed by atoms with van der Waals surface area (Å²) in [7, 11) is 0. The van der Waals surface area contributed by atoms with Crippen LogP contribution in [0, 0.1) is 17.3 Å². The van der Waals surface area contributed by atoms with E-state index in [9.17, 15) is 0 Å². The Morgan fingerprint density at radius 3 is 2.53 bits per heavy atom. The number of hydrogen-bond donors (Lipinski definition) is 1. The molecule has 0 aromatic heterocycles. The van der Waals surface area contributed by atoms with Crippen molar-refractivity contribution in [3.05, 3.63) is 0 Å². The van der Waals surface area contributed by atoms with Crippen LogP contribution in [0.1, 0.15) is 46.5 Å². The van der Waals surface area contributed by atoms with Crippen molar-refractivity contribution >= 4 is 0 Å². The molecule has 0 saturated carbocycles. The smallest absolute Gasteiger partial charge is 0.00127 e. The molecule has 100 valence electrons. The minimum absolute atomic E-state index is 0.670. The fourth-order valence-electron chi connectivity index (χ4n) is 4.10. The number of nitrogens with zero attached hydrogens (tertiary/aromatic N) is 1. The largest absolute Gasteiger partial charge is 0.316 e. The zero-order valence-electron chi connectivity index (χ0n) is 12.0. The molecule has 17 heavy (non-hydrogen) atoms. The maximum atomic E-state index is 3.61. The van der Waals surface area contributed by atoms with E-state index in [2.05, 4.69) is 31.0 Å². The summed E-state index contributed by atoms with van der Waals surface area (Å²) < 4.78 is 0. The molecular formula is C15H30N2. The molecule has 0 amide bonds. The molecule has 0 radical (unpaired) electrons. The van der Waals surface area contributed by atoms with E-state index in [0.717, 1.165) is 11.8 Å². The summed E-state index contributed by atoms with van der Waals surface area (Å²) in [5.41, 5.74) is 0.670. The highest BCUT2D eigenvalue weighted by Crippen LogP contribution is 2.46. The molecule has 2 fully saturated rings. The maximum absolute atomic E-state index is 3.61. The lowest BCUT2D eigenvalue weighted by Gasteiger charge is -2.51. The molecule has 0 aromatic carbocycles. The molecule has 2 nitrogen and oxygen atoms in total. The third-order valence-electron chi connectivity index (χ3n) is 5.15. The van der Waals surface area contributed by atoms with Gasteiger partial charge in [0.2, 0.25) is 0 Å². The first-order chi connectivity index (χ1) is 8.18. The van der Waals surface area contributed by atoms with E-state index < -0.39 is 0 Å². The van der Waals surface area contributed by atoms with E-state index in [-0.39, 0.29) is 0 Å². The lowest BCUT2D eigenvalue weighted by atomic mass is 9.61. The second-order valence-electron chi connectivity index (χ2n) is 6.51. The monoisotopic (exact) mass is 238 g/mol. The number of piperidine rings is 2. The second-order valence-corrected chi connectivity index (χ2v) is 6.51. The first-order valence-electron chi connectivity index (χ1n) is 7.61. The van der Waals surface area contributed by atoms with Gasteiger partial charge in [0, 0.05) is 0 Å². The lowest BCUT2D eigenvalue weighted by Crippen LogP contribution is -2.52. The van der Waals surface area contributed by atoms with Crippen LogP contribution in [-0.4, -0.2) is 37.6 Å². The highest BCUT2D eigenvalue weighted by atomic mass is 15.1. The molecule has 2 rings (SSSR count). The van der Waals surface area contributed by atoms with E-state index in [0.29, 0.717) is 5.41 Å². The van der Waals surface area contributed by atoms with Crippen molar-refractivity contribution in [3.63, 3.8) is 0 Å². The molecule has 1 N–H and O–H groups in total. The van der Waals surface area contributed by atoms with Crippen molar-refractivity contribution in [2.24, 2.45) is 17.3 Å². The summed E-state index contributed by atoms with van der Waals surface area (Å²) in [6.07, 6.45) is 5.60. The van der Waals surface area contributed by atoms with Crippen LogP contribution in [0.5, 0.6) is 0 Å². The zero-order valence-corrected chi connectivity index (χ0v) is 12.0. The van der Waals surface area contributed by atoms with Crippen LogP contribution in [-0.2, 0) is 0 Å². The number of rotatable bonds is 3. The van der Waals surface area contributed by atoms with Crippen LogP contribution in [0.4, 0.5) is 0 Å². The third-order valence-corrected chi connectivity index (χ3v) is 5.15. The van der Waals surface area contributed by atoms with Gasteiger partial charge in [-0.3, -0.25) is 0 Å². The van der Waals surface area contributed by atoms with Crippen LogP contribution in [0.15, 0.2) is 0 Å². The summed E-state index contributed by atoms with van der Waals surface area (Å²) in [6.45, 7) is 13.6. The van der Waals surface area contributed by atoms with Crippen molar-refractivity contribution in [2.75, 3.05) is 32.7 Å². The normalized spacial score (nSPS) is 30.0. The number of hydrogen-bond acceptors (Lipinski definition) is 2. The number of likely N-dealkylation sites (tertiary alicyclic amines) is 1. The predicted octanol–water partition coefficient (Wildman–Crippen LogP) is 2.74. The Morgan fingerprint density at radius 1 is 1.24 bits per heavy atom. The van der Waals surface area contributed by atoms with Gasteiger partial charge in [-0.1, -0.05) is 20.8 Å². The Labute approximate surface area is 107 Å². The second kappa shape index (κ2) is 5.71. The minimum Gasteiger partial charge on any atom is -0.316 e. The van der Waals surface area contributed by atoms with Crippen LogP contribution < -0.4 is 5.32 Å². The standard InChI is InChI=1S/C15H30N2/c1-4-9-17-10-6-15(7-11-17)5-8-16-12-14(15)13(2)3/h13-14,16H,4-12H2,1-3H3. The molecule has 0 aliphatic carbocycles. The Balaban J connectivity index is 1.98. The van der Waals surface area contributed by atoms with Gasteiger partial charge in [0.15, 0.2) is 0 Å². The van der Waals surface area contributed by atoms with Gasteiger partial charge in [0.1, 0.15) is 0 Å². The molecule has 2 aliphatic rings. The van der Waals surface area contributed by atoms with Crippen LogP contribution in [0.3, 0.4) is 0 Å². The van der Waals surface area contributed by atoms with Gasteiger partial charge >= 0.3 is 0 Å². The van der Waals surface area contributed by atoms with Gasteiger partial charge in [0.05, 0.1) is 0 Å². The van der Waals surface area contributed by atoms with Crippen molar-refractivity contribution < 1.29 is 0 Å². The average Bonchev–Trinajstić information content (AvgIpc) is 2.33. The quantitative estimate of drug-likeness (QED) is 0.813. The predicted molar refractivity (Wildman–Crippen MR) is 74.2 cm³/mol. The van der Waals surface area contributed by atoms with Crippen molar-refractivity contribution in [1.29, 1.82) is 0 Å². The molecule has 2 heteroatoms. The van der Waals surface area contributed by atoms with Gasteiger partial charge in [-0.2, -0.15) is 0 Å². The summed E-state index contributed by atoms with van der Waals surface area (Å²) in [5.74, 6) is 1.74. The van der Waals surface area contributed by atoms with Crippen molar-refractivity contribution in [3.8, 4) is 0 Å². The lowest BCUT2D eigenvalue weighted by molar-refractivity contribution is 0.00147. The molecular weight excluding hydrogens is 208 g/mol. The fraction of sp³-hybridized carbons (Fsp3) is 1.00. The molecule has 2 aliphatic heterocycles. The fourth-order valence-corrected chi connectivity index (χ4v) is 4.10. The van der Waals surface area contributed by atoms with Crippen LogP contribution in [0.2, 0.25) is 0 Å². The van der Waals surface area contributed by atoms with E-state index >= 15 is 0 Å². The molecule has 2 saturated heterocycles. The van der Waals surface area contributed by atoms with Gasteiger partial charge in [-0.25, -0.2) is 0 Å². The van der Waals surface area contributed by atoms with Gasteiger partial charge in [-0.15, -0.1) is 0 Å². The summed E-state index contributed by atoms with van der Waals surface area (Å²) in [5, 5.41) is 3.61. The van der Waals surface area contributed by atoms with Gasteiger partial charge in [-0.05, 0) is 75.7 Å². The highest BCUT2D eigenvalue weighted by Gasteiger charge is 2.43. The van der Waals surface area contributed by atoms with Crippen molar-refractivity contribution in [1.82, 2.24) is 10.2 Å². The Bertz CT molecular complexity index is 229. The van der Waals surface area contributed by atoms with Crippen LogP contribution >= 0.6 is 0 Å². The molecule has 0 bridgehead atoms. The third kappa shape index (κ3) is 2.85. The van der Waals surface area contributed by atoms with E-state index in [1.54, 1.807) is 0 Å². The summed E-state index contributed by atoms with van der Waals surface area (Å²) >= 11 is 0. The van der Waals surface area contributed by atoms with Crippen molar-refractivity contribution in [2.45, 2.75) is 46.5 Å². The molecule has 2 heterocycles. The number of nitrogens with one attached hydrogen (secondary N) is 1. The van der Waals surface area contributed by atoms with Crippen LogP contribution in [0.25, 0.3) is 0 Å². The topological polar surface area (TPSA) is 15.3 Å². The SMILES string of the molecule is CCCN1CCC2(CCNCC2C(C)C)CC1. The summed E-state index contributed by atoms with van der Waals surface area (Å²) in [4.78, 5) is 2.67. The molecule has 0 aromatic rings. The van der Waals surface area contributed by atoms with E-state index in [1.165, 1.54) is 58.4 Å². The molecule has 1 atom stereocenters. The Hall–Kier alpha value is -0.0800. The molecule has 1 unspecified atom stereocenters. The van der Waals surface area contributed by atoms with Gasteiger partial charge in [0.25, 0.3) is 0 Å². The maximum Gasteiger partial charge on any atom is -0.00127 e. The average molecular weight is 238 g/mol.